The fraction of sp³-hybridized carbons (Fsp3) is 0.308. The smallest absolute Gasteiger partial charge is 0.226 e. The molecular weight excluding hydrogens is 236 g/mol. The van der Waals surface area contributed by atoms with Gasteiger partial charge in [-0.1, -0.05) is 30.6 Å². The predicted molar refractivity (Wildman–Crippen MR) is 70.2 cm³/mol. The molecule has 3 nitrogen and oxygen atoms in total. The Morgan fingerprint density at radius 2 is 2.00 bits per heavy atom. The largest absolute Gasteiger partial charge is 0.367 e. The van der Waals surface area contributed by atoms with Crippen LogP contribution < -0.4 is 5.73 Å². The van der Waals surface area contributed by atoms with Crippen molar-refractivity contribution in [2.24, 2.45) is 0 Å². The van der Waals surface area contributed by atoms with E-state index in [2.05, 4.69) is 19.0 Å². The van der Waals surface area contributed by atoms with E-state index in [4.69, 9.17) is 21.9 Å². The molecule has 90 valence electrons. The molecule has 0 aliphatic carbocycles. The lowest BCUT2D eigenvalue weighted by Crippen LogP contribution is -1.94. The second-order valence-corrected chi connectivity index (χ2v) is 4.92. The van der Waals surface area contributed by atoms with Crippen molar-refractivity contribution >= 4 is 17.5 Å². The van der Waals surface area contributed by atoms with E-state index < -0.39 is 0 Å². The molecule has 0 fully saturated rings. The summed E-state index contributed by atoms with van der Waals surface area (Å²) < 4.78 is 5.08. The summed E-state index contributed by atoms with van der Waals surface area (Å²) in [6.07, 6.45) is 0. The summed E-state index contributed by atoms with van der Waals surface area (Å²) in [5, 5.41) is 4.72. The van der Waals surface area contributed by atoms with Gasteiger partial charge in [0.1, 0.15) is 5.69 Å². The Hall–Kier alpha value is -1.48. The second kappa shape index (κ2) is 4.41. The average Bonchev–Trinajstić information content (AvgIpc) is 2.58. The lowest BCUT2D eigenvalue weighted by molar-refractivity contribution is 0.438. The van der Waals surface area contributed by atoms with Crippen molar-refractivity contribution in [1.82, 2.24) is 5.16 Å². The predicted octanol–water partition coefficient (Wildman–Crippen LogP) is 4.01. The van der Waals surface area contributed by atoms with Crippen molar-refractivity contribution in [2.45, 2.75) is 26.7 Å². The van der Waals surface area contributed by atoms with Crippen LogP contribution in [0.25, 0.3) is 11.3 Å². The fourth-order valence-electron chi connectivity index (χ4n) is 1.95. The van der Waals surface area contributed by atoms with Gasteiger partial charge >= 0.3 is 0 Å². The minimum Gasteiger partial charge on any atom is -0.367 e. The number of nitrogens with two attached hydrogens (primary N) is 1. The Labute approximate surface area is 106 Å². The molecule has 1 heterocycles. The van der Waals surface area contributed by atoms with Gasteiger partial charge in [-0.2, -0.15) is 0 Å². The summed E-state index contributed by atoms with van der Waals surface area (Å²) in [4.78, 5) is 0. The van der Waals surface area contributed by atoms with E-state index in [9.17, 15) is 0 Å². The molecule has 17 heavy (non-hydrogen) atoms. The number of hydrogen-bond acceptors (Lipinski definition) is 3. The van der Waals surface area contributed by atoms with Crippen LogP contribution >= 0.6 is 11.6 Å². The fourth-order valence-corrected chi connectivity index (χ4v) is 2.24. The third kappa shape index (κ3) is 2.29. The van der Waals surface area contributed by atoms with E-state index in [1.165, 1.54) is 0 Å². The second-order valence-electron chi connectivity index (χ2n) is 4.48. The molecule has 1 aromatic carbocycles. The molecule has 2 rings (SSSR count). The van der Waals surface area contributed by atoms with Crippen LogP contribution in [0.4, 0.5) is 5.88 Å². The van der Waals surface area contributed by atoms with E-state index in [1.807, 2.05) is 25.1 Å². The van der Waals surface area contributed by atoms with Gasteiger partial charge in [-0.25, -0.2) is 0 Å². The van der Waals surface area contributed by atoms with Crippen LogP contribution in [0.3, 0.4) is 0 Å². The van der Waals surface area contributed by atoms with Gasteiger partial charge in [-0.3, -0.25) is 0 Å². The Bertz CT molecular complexity index is 526. The number of hydrogen-bond donors (Lipinski definition) is 1. The van der Waals surface area contributed by atoms with Gasteiger partial charge in [0.25, 0.3) is 0 Å². The number of aromatic nitrogens is 1. The number of rotatable bonds is 2. The van der Waals surface area contributed by atoms with Crippen LogP contribution in [0.5, 0.6) is 0 Å². The van der Waals surface area contributed by atoms with Gasteiger partial charge < -0.3 is 10.3 Å². The first kappa shape index (κ1) is 12.0. The van der Waals surface area contributed by atoms with Gasteiger partial charge in [0.05, 0.1) is 0 Å². The number of nitrogens with zero attached hydrogens (tertiary/aromatic N) is 1. The molecule has 2 N–H and O–H groups in total. The Morgan fingerprint density at radius 1 is 1.29 bits per heavy atom. The summed E-state index contributed by atoms with van der Waals surface area (Å²) in [7, 11) is 0. The molecule has 0 atom stereocenters. The van der Waals surface area contributed by atoms with Gasteiger partial charge in [0.2, 0.25) is 5.88 Å². The molecule has 0 saturated heterocycles. The summed E-state index contributed by atoms with van der Waals surface area (Å²) in [5.74, 6) is 0.642. The monoisotopic (exact) mass is 250 g/mol. The zero-order chi connectivity index (χ0) is 12.6. The van der Waals surface area contributed by atoms with Crippen molar-refractivity contribution in [3.63, 3.8) is 0 Å². The molecule has 2 aromatic rings. The molecule has 1 aromatic heterocycles. The molecule has 0 saturated carbocycles. The van der Waals surface area contributed by atoms with E-state index in [0.29, 0.717) is 10.9 Å². The van der Waals surface area contributed by atoms with E-state index in [-0.39, 0.29) is 5.92 Å². The molecule has 0 radical (unpaired) electrons. The molecule has 0 unspecified atom stereocenters. The highest BCUT2D eigenvalue weighted by molar-refractivity contribution is 6.30. The van der Waals surface area contributed by atoms with E-state index >= 15 is 0 Å². The van der Waals surface area contributed by atoms with Gasteiger partial charge in [-0.05, 0) is 36.6 Å². The average molecular weight is 251 g/mol. The molecule has 4 heteroatoms. The number of nitrogen functional groups attached to an aromatic ring is 1. The number of halogens is 1. The minimum absolute atomic E-state index is 0.260. The van der Waals surface area contributed by atoms with Crippen molar-refractivity contribution < 1.29 is 4.52 Å². The molecule has 0 amide bonds. The zero-order valence-corrected chi connectivity index (χ0v) is 10.9. The van der Waals surface area contributed by atoms with Crippen LogP contribution in [0.1, 0.15) is 30.9 Å². The van der Waals surface area contributed by atoms with Crippen LogP contribution in [-0.4, -0.2) is 5.16 Å². The first-order chi connectivity index (χ1) is 7.99. The lowest BCUT2D eigenvalue weighted by atomic mass is 9.98. The van der Waals surface area contributed by atoms with Crippen molar-refractivity contribution in [1.29, 1.82) is 0 Å². The van der Waals surface area contributed by atoms with Gasteiger partial charge in [-0.15, -0.1) is 0 Å². The Kier molecular flexibility index (Phi) is 3.11. The molecule has 0 spiro atoms. The van der Waals surface area contributed by atoms with E-state index in [0.717, 1.165) is 22.4 Å². The minimum atomic E-state index is 0.260. The standard InChI is InChI=1S/C13H15ClN2O/c1-7(2)11-12(16-17-13(11)15)9-4-8(3)5-10(14)6-9/h4-7H,15H2,1-3H3. The van der Waals surface area contributed by atoms with Gasteiger partial charge in [0.15, 0.2) is 0 Å². The first-order valence-corrected chi connectivity index (χ1v) is 5.89. The molecule has 0 aliphatic rings. The summed E-state index contributed by atoms with van der Waals surface area (Å²) >= 11 is 6.05. The number of benzene rings is 1. The van der Waals surface area contributed by atoms with Crippen molar-refractivity contribution in [3.8, 4) is 11.3 Å². The SMILES string of the molecule is Cc1cc(Cl)cc(-c2noc(N)c2C(C)C)c1. The Morgan fingerprint density at radius 3 is 2.59 bits per heavy atom. The first-order valence-electron chi connectivity index (χ1n) is 5.51. The number of aryl methyl sites for hydroxylation is 1. The Balaban J connectivity index is 2.60. The highest BCUT2D eigenvalue weighted by Gasteiger charge is 2.18. The molecular formula is C13H15ClN2O. The van der Waals surface area contributed by atoms with Crippen molar-refractivity contribution in [2.75, 3.05) is 5.73 Å². The zero-order valence-electron chi connectivity index (χ0n) is 10.1. The lowest BCUT2D eigenvalue weighted by Gasteiger charge is -2.06. The molecule has 0 bridgehead atoms. The maximum atomic E-state index is 6.05. The topological polar surface area (TPSA) is 52.0 Å². The van der Waals surface area contributed by atoms with Crippen molar-refractivity contribution in [3.05, 3.63) is 34.3 Å². The third-order valence-electron chi connectivity index (χ3n) is 2.65. The van der Waals surface area contributed by atoms with Crippen LogP contribution in [0.2, 0.25) is 5.02 Å². The van der Waals surface area contributed by atoms with Crippen LogP contribution in [0, 0.1) is 6.92 Å². The maximum absolute atomic E-state index is 6.05. The normalized spacial score (nSPS) is 11.1. The highest BCUT2D eigenvalue weighted by atomic mass is 35.5. The maximum Gasteiger partial charge on any atom is 0.226 e. The third-order valence-corrected chi connectivity index (χ3v) is 2.87. The quantitative estimate of drug-likeness (QED) is 0.876. The summed E-state index contributed by atoms with van der Waals surface area (Å²) in [5.41, 5.74) is 9.54. The van der Waals surface area contributed by atoms with Gasteiger partial charge in [0, 0.05) is 16.1 Å². The highest BCUT2D eigenvalue weighted by Crippen LogP contribution is 2.34. The van der Waals surface area contributed by atoms with Crippen LogP contribution in [-0.2, 0) is 0 Å². The van der Waals surface area contributed by atoms with E-state index in [1.54, 1.807) is 0 Å². The summed E-state index contributed by atoms with van der Waals surface area (Å²) in [6, 6.07) is 5.80. The van der Waals surface area contributed by atoms with Crippen LogP contribution in [0.15, 0.2) is 22.7 Å². The summed E-state index contributed by atoms with van der Waals surface area (Å²) in [6.45, 7) is 6.11. The number of anilines is 1. The molecule has 0 aliphatic heterocycles.